The topological polar surface area (TPSA) is 206 Å². The summed E-state index contributed by atoms with van der Waals surface area (Å²) in [7, 11) is -4.15. The van der Waals surface area contributed by atoms with Crippen molar-refractivity contribution in [3.8, 4) is 0 Å². The van der Waals surface area contributed by atoms with Gasteiger partial charge in [0.2, 0.25) is 5.91 Å². The van der Waals surface area contributed by atoms with Crippen LogP contribution in [-0.2, 0) is 18.7 Å². The van der Waals surface area contributed by atoms with Crippen molar-refractivity contribution in [2.24, 2.45) is 5.41 Å². The van der Waals surface area contributed by atoms with Crippen LogP contribution >= 0.6 is 7.60 Å². The molecule has 222 valence electrons. The van der Waals surface area contributed by atoms with Crippen LogP contribution in [0.3, 0.4) is 0 Å². The molecular formula is C26H43N2O10P. The Bertz CT molecular complexity index is 1030. The van der Waals surface area contributed by atoms with Crippen molar-refractivity contribution in [1.29, 1.82) is 0 Å². The monoisotopic (exact) mass is 574 g/mol. The maximum Gasteiger partial charge on any atom is 0.330 e. The minimum absolute atomic E-state index is 0.0428. The lowest BCUT2D eigenvalue weighted by Gasteiger charge is -2.44. The number of amides is 1. The smallest absolute Gasteiger partial charge is 0.330 e. The van der Waals surface area contributed by atoms with E-state index in [0.29, 0.717) is 11.1 Å². The van der Waals surface area contributed by atoms with E-state index in [2.05, 4.69) is 10.6 Å². The molecule has 2 aliphatic rings. The molecule has 2 unspecified atom stereocenters. The third kappa shape index (κ3) is 9.14. The van der Waals surface area contributed by atoms with Crippen molar-refractivity contribution in [1.82, 2.24) is 10.6 Å². The molecule has 12 nitrogen and oxygen atoms in total. The number of carbonyl (C=O) groups is 2. The van der Waals surface area contributed by atoms with Gasteiger partial charge in [0.05, 0.1) is 43.7 Å². The molecule has 0 spiro atoms. The highest BCUT2D eigenvalue weighted by molar-refractivity contribution is 7.52. The van der Waals surface area contributed by atoms with Gasteiger partial charge in [0.15, 0.2) is 5.78 Å². The number of allylic oxidation sites excluding steroid dienone is 3. The number of aliphatic hydroxyl groups is 5. The first-order valence-electron chi connectivity index (χ1n) is 13.0. The van der Waals surface area contributed by atoms with Gasteiger partial charge in [0, 0.05) is 30.5 Å². The second-order valence-corrected chi connectivity index (χ2v) is 13.0. The van der Waals surface area contributed by atoms with Gasteiger partial charge in [-0.2, -0.15) is 0 Å². The average Bonchev–Trinajstić information content (AvgIpc) is 3.08. The highest BCUT2D eigenvalue weighted by Gasteiger charge is 2.46. The van der Waals surface area contributed by atoms with Crippen LogP contribution in [0.4, 0.5) is 0 Å². The molecule has 2 rings (SSSR count). The predicted molar refractivity (Wildman–Crippen MR) is 144 cm³/mol. The van der Waals surface area contributed by atoms with Gasteiger partial charge in [-0.3, -0.25) is 14.2 Å². The van der Waals surface area contributed by atoms with Crippen LogP contribution < -0.4 is 10.6 Å². The lowest BCUT2D eigenvalue weighted by atomic mass is 9.64. The van der Waals surface area contributed by atoms with Gasteiger partial charge in [0.1, 0.15) is 5.60 Å². The summed E-state index contributed by atoms with van der Waals surface area (Å²) in [4.78, 5) is 34.1. The van der Waals surface area contributed by atoms with Gasteiger partial charge >= 0.3 is 7.60 Å². The van der Waals surface area contributed by atoms with Crippen molar-refractivity contribution in [2.75, 3.05) is 25.9 Å². The molecule has 0 aromatic carbocycles. The lowest BCUT2D eigenvalue weighted by Crippen LogP contribution is -2.48. The molecule has 39 heavy (non-hydrogen) atoms. The highest BCUT2D eigenvalue weighted by atomic mass is 31.2. The van der Waals surface area contributed by atoms with Crippen molar-refractivity contribution in [2.45, 2.75) is 83.0 Å². The summed E-state index contributed by atoms with van der Waals surface area (Å²) in [6.07, 6.45) is 1.98. The molecular weight excluding hydrogens is 531 g/mol. The number of ketones is 1. The molecule has 1 aliphatic carbocycles. The molecule has 1 saturated heterocycles. The number of nitrogens with one attached hydrogen (secondary N) is 2. The Labute approximate surface area is 229 Å². The first-order chi connectivity index (χ1) is 18.0. The molecule has 1 fully saturated rings. The third-order valence-corrected chi connectivity index (χ3v) is 8.72. The number of aliphatic hydroxyl groups excluding tert-OH is 4. The fourth-order valence-electron chi connectivity index (χ4n) is 4.92. The molecule has 0 saturated carbocycles. The first-order valence-corrected chi connectivity index (χ1v) is 14.7. The largest absolute Gasteiger partial charge is 0.395 e. The minimum atomic E-state index is -4.15. The molecule has 0 aromatic rings. The first kappa shape index (κ1) is 33.5. The zero-order valence-corrected chi connectivity index (χ0v) is 23.8. The van der Waals surface area contributed by atoms with Gasteiger partial charge in [-0.05, 0) is 50.0 Å². The van der Waals surface area contributed by atoms with E-state index < -0.39 is 67.7 Å². The molecule has 13 heteroatoms. The van der Waals surface area contributed by atoms with Crippen molar-refractivity contribution in [3.63, 3.8) is 0 Å². The van der Waals surface area contributed by atoms with Gasteiger partial charge in [-0.1, -0.05) is 19.9 Å². The van der Waals surface area contributed by atoms with Crippen molar-refractivity contribution in [3.05, 3.63) is 35.5 Å². The molecule has 0 radical (unpaired) electrons. The maximum atomic E-state index is 12.3. The summed E-state index contributed by atoms with van der Waals surface area (Å²) in [6, 6.07) is -1.50. The van der Waals surface area contributed by atoms with E-state index in [1.165, 1.54) is 12.2 Å². The van der Waals surface area contributed by atoms with E-state index in [-0.39, 0.29) is 38.2 Å². The number of hydrogen-bond acceptors (Lipinski definition) is 10. The molecule has 0 bridgehead atoms. The number of carbonyl (C=O) groups excluding carboxylic acids is 2. The number of hydrogen-bond donors (Lipinski definition) is 8. The number of rotatable bonds is 13. The standard InChI is InChI=1S/C26H43N2O10P/c1-16(6-7-26(35)17(2)11-18(30)13-25(26,3)4)10-22(32)27-8-5-9-38-39(36,37)15-19(31)12-20-23(33)24(34)21(14-29)28-20/h6-7,10-11,19-21,23-24,28-29,31,33-35H,5,8-9,12-15H2,1-4H3,(H,27,32)(H,36,37)/b7-6+,16-10-/t19-,20-,21-,23-,24-,26?/m1/s1. The summed E-state index contributed by atoms with van der Waals surface area (Å²) in [5, 5.41) is 55.7. The SMILES string of the molecule is CC1=CC(=O)CC(C)(C)C1(O)/C=C/C(C)=C\C(=O)NCCCOP(=O)(O)C[C@H](O)C[C@H]1N[C@H](CO)[C@@H](O)[C@@H]1O. The normalized spacial score (nSPS) is 31.7. The quantitative estimate of drug-likeness (QED) is 0.0619. The average molecular weight is 575 g/mol. The third-order valence-electron chi connectivity index (χ3n) is 7.25. The highest BCUT2D eigenvalue weighted by Crippen LogP contribution is 2.44. The Morgan fingerprint density at radius 1 is 1.31 bits per heavy atom. The van der Waals surface area contributed by atoms with Crippen LogP contribution in [0.5, 0.6) is 0 Å². The molecule has 1 amide bonds. The molecule has 1 aliphatic heterocycles. The Balaban J connectivity index is 1.75. The summed E-state index contributed by atoms with van der Waals surface area (Å²) < 4.78 is 17.3. The zero-order chi connectivity index (χ0) is 29.6. The molecule has 1 heterocycles. The summed E-state index contributed by atoms with van der Waals surface area (Å²) in [5.74, 6) is -0.443. The maximum absolute atomic E-state index is 12.3. The van der Waals surface area contributed by atoms with Gasteiger partial charge < -0.3 is 45.6 Å². The summed E-state index contributed by atoms with van der Waals surface area (Å²) >= 11 is 0. The predicted octanol–water partition coefficient (Wildman–Crippen LogP) is -0.321. The van der Waals surface area contributed by atoms with Gasteiger partial charge in [-0.15, -0.1) is 0 Å². The Morgan fingerprint density at radius 2 is 1.95 bits per heavy atom. The van der Waals surface area contributed by atoms with Crippen LogP contribution in [0.25, 0.3) is 0 Å². The molecule has 0 aromatic heterocycles. The minimum Gasteiger partial charge on any atom is -0.395 e. The molecule has 8 N–H and O–H groups in total. The second-order valence-electron chi connectivity index (χ2n) is 11.1. The zero-order valence-electron chi connectivity index (χ0n) is 22.9. The second kappa shape index (κ2) is 13.8. The van der Waals surface area contributed by atoms with E-state index in [1.54, 1.807) is 39.8 Å². The Kier molecular flexibility index (Phi) is 11.8. The summed E-state index contributed by atoms with van der Waals surface area (Å²) in [6.45, 7) is 6.61. The van der Waals surface area contributed by atoms with E-state index >= 15 is 0 Å². The van der Waals surface area contributed by atoms with Crippen LogP contribution in [0, 0.1) is 5.41 Å². The van der Waals surface area contributed by atoms with Crippen LogP contribution in [-0.4, -0.2) is 104 Å². The lowest BCUT2D eigenvalue weighted by molar-refractivity contribution is -0.121. The Morgan fingerprint density at radius 3 is 2.54 bits per heavy atom. The summed E-state index contributed by atoms with van der Waals surface area (Å²) in [5.41, 5.74) is -0.921. The van der Waals surface area contributed by atoms with E-state index in [0.717, 1.165) is 0 Å². The van der Waals surface area contributed by atoms with Crippen LogP contribution in [0.15, 0.2) is 35.5 Å². The van der Waals surface area contributed by atoms with Gasteiger partial charge in [-0.25, -0.2) is 0 Å². The van der Waals surface area contributed by atoms with Crippen molar-refractivity contribution < 1.29 is 49.1 Å². The molecule has 7 atom stereocenters. The Hall–Kier alpha value is -1.73. The van der Waals surface area contributed by atoms with E-state index in [1.807, 2.05) is 0 Å². The van der Waals surface area contributed by atoms with Crippen LogP contribution in [0.1, 0.15) is 47.0 Å². The van der Waals surface area contributed by atoms with Gasteiger partial charge in [0.25, 0.3) is 0 Å². The fraction of sp³-hybridized carbons (Fsp3) is 0.692. The van der Waals surface area contributed by atoms with E-state index in [9.17, 15) is 44.6 Å². The van der Waals surface area contributed by atoms with Crippen LogP contribution in [0.2, 0.25) is 0 Å². The van der Waals surface area contributed by atoms with E-state index in [4.69, 9.17) is 4.52 Å². The fourth-order valence-corrected chi connectivity index (χ4v) is 6.12. The van der Waals surface area contributed by atoms with Crippen molar-refractivity contribution >= 4 is 19.3 Å².